The van der Waals surface area contributed by atoms with Crippen molar-refractivity contribution < 1.29 is 9.90 Å². The van der Waals surface area contributed by atoms with E-state index in [1.54, 1.807) is 6.92 Å². The molecule has 1 aromatic carbocycles. The number of hydrogen-bond donors (Lipinski definition) is 1. The zero-order valence-corrected chi connectivity index (χ0v) is 9.03. The summed E-state index contributed by atoms with van der Waals surface area (Å²) in [6.07, 6.45) is 0. The Morgan fingerprint density at radius 3 is 2.27 bits per heavy atom. The average molecular weight is 205 g/mol. The number of nitrogens with zero attached hydrogens (tertiary/aromatic N) is 1. The number of rotatable bonds is 2. The summed E-state index contributed by atoms with van der Waals surface area (Å²) < 4.78 is 0. The summed E-state index contributed by atoms with van der Waals surface area (Å²) in [5.74, 6) is 0.0807. The Kier molecular flexibility index (Phi) is 2.27. The van der Waals surface area contributed by atoms with Crippen molar-refractivity contribution in [2.45, 2.75) is 19.4 Å². The Balaban J connectivity index is 2.09. The summed E-state index contributed by atoms with van der Waals surface area (Å²) in [5, 5.41) is 9.59. The highest BCUT2D eigenvalue weighted by Crippen LogP contribution is 2.27. The van der Waals surface area contributed by atoms with E-state index < -0.39 is 5.60 Å². The molecular formula is C12H15NO2. The standard InChI is InChI=1S/C12H15NO2/c1-9(14)10-3-5-11(6-4-10)13-7-12(2,15)8-13/h3-6,15H,7-8H2,1-2H3. The summed E-state index contributed by atoms with van der Waals surface area (Å²) in [6.45, 7) is 4.70. The molecule has 0 aliphatic carbocycles. The van der Waals surface area contributed by atoms with E-state index in [1.165, 1.54) is 0 Å². The van der Waals surface area contributed by atoms with E-state index in [2.05, 4.69) is 4.90 Å². The molecule has 0 bridgehead atoms. The van der Waals surface area contributed by atoms with Gasteiger partial charge in [-0.15, -0.1) is 0 Å². The van der Waals surface area contributed by atoms with Crippen LogP contribution in [0.15, 0.2) is 24.3 Å². The van der Waals surface area contributed by atoms with Crippen LogP contribution in [-0.2, 0) is 0 Å². The first-order valence-electron chi connectivity index (χ1n) is 5.06. The number of benzene rings is 1. The molecular weight excluding hydrogens is 190 g/mol. The lowest BCUT2D eigenvalue weighted by atomic mass is 9.96. The van der Waals surface area contributed by atoms with Gasteiger partial charge in [0, 0.05) is 24.3 Å². The van der Waals surface area contributed by atoms with Gasteiger partial charge in [-0.1, -0.05) is 0 Å². The Bertz CT molecular complexity index is 373. The maximum atomic E-state index is 11.1. The van der Waals surface area contributed by atoms with Crippen LogP contribution in [0.1, 0.15) is 24.2 Å². The maximum Gasteiger partial charge on any atom is 0.159 e. The molecule has 2 rings (SSSR count). The van der Waals surface area contributed by atoms with Gasteiger partial charge in [0.1, 0.15) is 0 Å². The summed E-state index contributed by atoms with van der Waals surface area (Å²) in [6, 6.07) is 7.49. The van der Waals surface area contributed by atoms with Crippen molar-refractivity contribution in [2.75, 3.05) is 18.0 Å². The quantitative estimate of drug-likeness (QED) is 0.743. The summed E-state index contributed by atoms with van der Waals surface area (Å²) in [4.78, 5) is 13.1. The third-order valence-corrected chi connectivity index (χ3v) is 2.70. The SMILES string of the molecule is CC(=O)c1ccc(N2CC(C)(O)C2)cc1. The van der Waals surface area contributed by atoms with Crippen LogP contribution >= 0.6 is 0 Å². The van der Waals surface area contributed by atoms with Gasteiger partial charge in [-0.3, -0.25) is 4.79 Å². The molecule has 1 aliphatic rings. The molecule has 0 spiro atoms. The molecule has 0 atom stereocenters. The molecule has 0 saturated carbocycles. The smallest absolute Gasteiger partial charge is 0.159 e. The van der Waals surface area contributed by atoms with E-state index in [0.29, 0.717) is 13.1 Å². The van der Waals surface area contributed by atoms with Crippen LogP contribution in [0.2, 0.25) is 0 Å². The summed E-state index contributed by atoms with van der Waals surface area (Å²) in [5.41, 5.74) is 1.23. The number of hydrogen-bond acceptors (Lipinski definition) is 3. The Morgan fingerprint density at radius 1 is 1.33 bits per heavy atom. The van der Waals surface area contributed by atoms with Crippen molar-refractivity contribution in [3.63, 3.8) is 0 Å². The topological polar surface area (TPSA) is 40.5 Å². The van der Waals surface area contributed by atoms with Gasteiger partial charge in [-0.25, -0.2) is 0 Å². The van der Waals surface area contributed by atoms with Crippen LogP contribution in [-0.4, -0.2) is 29.6 Å². The fraction of sp³-hybridized carbons (Fsp3) is 0.417. The van der Waals surface area contributed by atoms with Crippen LogP contribution in [0.3, 0.4) is 0 Å². The van der Waals surface area contributed by atoms with E-state index in [4.69, 9.17) is 0 Å². The first-order chi connectivity index (χ1) is 6.98. The third kappa shape index (κ3) is 2.02. The largest absolute Gasteiger partial charge is 0.386 e. The molecule has 0 radical (unpaired) electrons. The second-order valence-corrected chi connectivity index (χ2v) is 4.46. The predicted molar refractivity (Wildman–Crippen MR) is 59.3 cm³/mol. The molecule has 0 unspecified atom stereocenters. The third-order valence-electron chi connectivity index (χ3n) is 2.70. The van der Waals surface area contributed by atoms with E-state index in [1.807, 2.05) is 31.2 Å². The maximum absolute atomic E-state index is 11.1. The second kappa shape index (κ2) is 3.35. The first-order valence-corrected chi connectivity index (χ1v) is 5.06. The molecule has 1 heterocycles. The van der Waals surface area contributed by atoms with E-state index in [0.717, 1.165) is 11.3 Å². The number of carbonyl (C=O) groups excluding carboxylic acids is 1. The molecule has 80 valence electrons. The Hall–Kier alpha value is -1.35. The number of carbonyl (C=O) groups is 1. The number of Topliss-reactive ketones (excluding diaryl/α,β-unsaturated/α-hetero) is 1. The molecule has 1 N–H and O–H groups in total. The molecule has 1 aromatic rings. The average Bonchev–Trinajstić information content (AvgIpc) is 2.14. The van der Waals surface area contributed by atoms with Crippen molar-refractivity contribution >= 4 is 11.5 Å². The molecule has 0 amide bonds. The van der Waals surface area contributed by atoms with E-state index in [9.17, 15) is 9.90 Å². The van der Waals surface area contributed by atoms with Crippen LogP contribution in [0, 0.1) is 0 Å². The number of β-amino-alcohol motifs (C(OH)–C–C–N with tert-alkyl or cyclic N) is 1. The highest BCUT2D eigenvalue weighted by molar-refractivity contribution is 5.94. The Labute approximate surface area is 89.3 Å². The highest BCUT2D eigenvalue weighted by atomic mass is 16.3. The molecule has 3 nitrogen and oxygen atoms in total. The number of anilines is 1. The van der Waals surface area contributed by atoms with Crippen LogP contribution in [0.5, 0.6) is 0 Å². The molecule has 0 aromatic heterocycles. The molecule has 3 heteroatoms. The van der Waals surface area contributed by atoms with Crippen molar-refractivity contribution in [3.05, 3.63) is 29.8 Å². The highest BCUT2D eigenvalue weighted by Gasteiger charge is 2.36. The normalized spacial score (nSPS) is 18.5. The van der Waals surface area contributed by atoms with Crippen LogP contribution in [0.4, 0.5) is 5.69 Å². The zero-order chi connectivity index (χ0) is 11.1. The molecule has 15 heavy (non-hydrogen) atoms. The van der Waals surface area contributed by atoms with Gasteiger partial charge in [0.2, 0.25) is 0 Å². The Morgan fingerprint density at radius 2 is 1.87 bits per heavy atom. The van der Waals surface area contributed by atoms with Crippen molar-refractivity contribution in [1.29, 1.82) is 0 Å². The second-order valence-electron chi connectivity index (χ2n) is 4.46. The van der Waals surface area contributed by atoms with Gasteiger partial charge in [-0.05, 0) is 38.1 Å². The lowest BCUT2D eigenvalue weighted by molar-refractivity contribution is 0.0310. The van der Waals surface area contributed by atoms with Gasteiger partial charge in [0.25, 0.3) is 0 Å². The van der Waals surface area contributed by atoms with Crippen molar-refractivity contribution in [2.24, 2.45) is 0 Å². The fourth-order valence-electron chi connectivity index (χ4n) is 1.87. The van der Waals surface area contributed by atoms with Crippen LogP contribution < -0.4 is 4.90 Å². The first kappa shape index (κ1) is 10.2. The number of aliphatic hydroxyl groups is 1. The van der Waals surface area contributed by atoms with E-state index in [-0.39, 0.29) is 5.78 Å². The minimum atomic E-state index is -0.556. The number of ketones is 1. The summed E-state index contributed by atoms with van der Waals surface area (Å²) >= 11 is 0. The minimum absolute atomic E-state index is 0.0807. The molecule has 1 saturated heterocycles. The van der Waals surface area contributed by atoms with Crippen LogP contribution in [0.25, 0.3) is 0 Å². The fourth-order valence-corrected chi connectivity index (χ4v) is 1.87. The van der Waals surface area contributed by atoms with Gasteiger partial charge in [-0.2, -0.15) is 0 Å². The van der Waals surface area contributed by atoms with Crippen molar-refractivity contribution in [1.82, 2.24) is 0 Å². The van der Waals surface area contributed by atoms with Gasteiger partial charge in [0.15, 0.2) is 5.78 Å². The lowest BCUT2D eigenvalue weighted by Crippen LogP contribution is -2.60. The molecule has 1 fully saturated rings. The molecule has 1 aliphatic heterocycles. The lowest BCUT2D eigenvalue weighted by Gasteiger charge is -2.45. The predicted octanol–water partition coefficient (Wildman–Crippen LogP) is 1.46. The summed E-state index contributed by atoms with van der Waals surface area (Å²) in [7, 11) is 0. The van der Waals surface area contributed by atoms with Gasteiger partial charge >= 0.3 is 0 Å². The minimum Gasteiger partial charge on any atom is -0.386 e. The zero-order valence-electron chi connectivity index (χ0n) is 9.03. The van der Waals surface area contributed by atoms with Gasteiger partial charge in [0.05, 0.1) is 5.60 Å². The van der Waals surface area contributed by atoms with E-state index >= 15 is 0 Å². The monoisotopic (exact) mass is 205 g/mol. The van der Waals surface area contributed by atoms with Crippen molar-refractivity contribution in [3.8, 4) is 0 Å². The van der Waals surface area contributed by atoms with Gasteiger partial charge < -0.3 is 10.0 Å².